The average Bonchev–Trinajstić information content (AvgIpc) is 2.07. The number of rotatable bonds is 4. The molecule has 2 heteroatoms. The van der Waals surface area contributed by atoms with Gasteiger partial charge in [0.05, 0.1) is 0 Å². The minimum atomic E-state index is 0.898. The fourth-order valence-corrected chi connectivity index (χ4v) is 2.55. The molecule has 0 spiro atoms. The van der Waals surface area contributed by atoms with Crippen molar-refractivity contribution in [3.8, 4) is 0 Å². The maximum absolute atomic E-state index is 5.29. The van der Waals surface area contributed by atoms with Gasteiger partial charge in [0, 0.05) is 18.5 Å². The van der Waals surface area contributed by atoms with Crippen molar-refractivity contribution in [2.75, 3.05) is 19.0 Å². The van der Waals surface area contributed by atoms with Gasteiger partial charge >= 0.3 is 0 Å². The molecule has 0 unspecified atom stereocenters. The Morgan fingerprint density at radius 1 is 1.36 bits per heavy atom. The van der Waals surface area contributed by atoms with E-state index >= 15 is 0 Å². The molecule has 0 N–H and O–H groups in total. The molecule has 0 bridgehead atoms. The van der Waals surface area contributed by atoms with Gasteiger partial charge < -0.3 is 4.74 Å². The van der Waals surface area contributed by atoms with E-state index in [4.69, 9.17) is 4.74 Å². The van der Waals surface area contributed by atoms with Crippen molar-refractivity contribution in [1.29, 1.82) is 0 Å². The fraction of sp³-hybridized carbons (Fsp3) is 1.00. The molecule has 1 heterocycles. The molecule has 0 amide bonds. The highest BCUT2D eigenvalue weighted by Gasteiger charge is 2.12. The average molecular weight is 174 g/mol. The topological polar surface area (TPSA) is 9.23 Å². The van der Waals surface area contributed by atoms with Crippen LogP contribution in [0.25, 0.3) is 0 Å². The van der Waals surface area contributed by atoms with Gasteiger partial charge in [-0.15, -0.1) is 0 Å². The first kappa shape index (κ1) is 9.40. The number of unbranched alkanes of at least 4 members (excludes halogenated alkanes) is 1. The van der Waals surface area contributed by atoms with Crippen LogP contribution in [0.15, 0.2) is 0 Å². The molecule has 1 fully saturated rings. The summed E-state index contributed by atoms with van der Waals surface area (Å²) in [4.78, 5) is 0. The zero-order chi connectivity index (χ0) is 7.94. The molecule has 0 aromatic carbocycles. The van der Waals surface area contributed by atoms with Crippen LogP contribution in [0, 0.1) is 0 Å². The van der Waals surface area contributed by atoms with Crippen LogP contribution in [0.1, 0.15) is 32.6 Å². The van der Waals surface area contributed by atoms with Gasteiger partial charge in [0.15, 0.2) is 0 Å². The minimum Gasteiger partial charge on any atom is -0.381 e. The molecular weight excluding hydrogens is 156 g/mol. The summed E-state index contributed by atoms with van der Waals surface area (Å²) in [5, 5.41) is 0.898. The lowest BCUT2D eigenvalue weighted by atomic mass is 10.2. The van der Waals surface area contributed by atoms with E-state index in [-0.39, 0.29) is 0 Å². The van der Waals surface area contributed by atoms with Crippen molar-refractivity contribution in [1.82, 2.24) is 0 Å². The van der Waals surface area contributed by atoms with E-state index in [1.807, 2.05) is 0 Å². The number of hydrogen-bond acceptors (Lipinski definition) is 2. The smallest absolute Gasteiger partial charge is 0.0476 e. The van der Waals surface area contributed by atoms with E-state index in [0.717, 1.165) is 18.5 Å². The molecule has 1 aliphatic rings. The van der Waals surface area contributed by atoms with Crippen LogP contribution in [-0.2, 0) is 4.74 Å². The van der Waals surface area contributed by atoms with Crippen molar-refractivity contribution in [3.63, 3.8) is 0 Å². The zero-order valence-electron chi connectivity index (χ0n) is 7.34. The van der Waals surface area contributed by atoms with Crippen molar-refractivity contribution < 1.29 is 4.74 Å². The van der Waals surface area contributed by atoms with Gasteiger partial charge in [-0.2, -0.15) is 11.8 Å². The summed E-state index contributed by atoms with van der Waals surface area (Å²) in [6.07, 6.45) is 5.25. The lowest BCUT2D eigenvalue weighted by molar-refractivity contribution is 0.100. The van der Waals surface area contributed by atoms with E-state index < -0.39 is 0 Å². The summed E-state index contributed by atoms with van der Waals surface area (Å²) in [6, 6.07) is 0. The molecule has 1 nitrogen and oxygen atoms in total. The van der Waals surface area contributed by atoms with Gasteiger partial charge in [-0.3, -0.25) is 0 Å². The van der Waals surface area contributed by atoms with Crippen molar-refractivity contribution in [3.05, 3.63) is 0 Å². The highest BCUT2D eigenvalue weighted by Crippen LogP contribution is 2.22. The van der Waals surface area contributed by atoms with Gasteiger partial charge in [0.1, 0.15) is 0 Å². The molecule has 1 saturated heterocycles. The van der Waals surface area contributed by atoms with Gasteiger partial charge in [-0.25, -0.2) is 0 Å². The summed E-state index contributed by atoms with van der Waals surface area (Å²) < 4.78 is 5.29. The monoisotopic (exact) mass is 174 g/mol. The molecule has 0 aromatic rings. The first-order valence-electron chi connectivity index (χ1n) is 4.63. The van der Waals surface area contributed by atoms with Gasteiger partial charge in [0.25, 0.3) is 0 Å². The lowest BCUT2D eigenvalue weighted by Crippen LogP contribution is -2.17. The standard InChI is InChI=1S/C9H18OS/c1-2-3-8-11-9-4-6-10-7-5-9/h9H,2-8H2,1H3. The van der Waals surface area contributed by atoms with E-state index in [0.29, 0.717) is 0 Å². The van der Waals surface area contributed by atoms with Gasteiger partial charge in [-0.05, 0) is 25.0 Å². The first-order chi connectivity index (χ1) is 5.43. The largest absolute Gasteiger partial charge is 0.381 e. The van der Waals surface area contributed by atoms with Gasteiger partial charge in [-0.1, -0.05) is 13.3 Å². The summed E-state index contributed by atoms with van der Waals surface area (Å²) in [5.74, 6) is 1.35. The van der Waals surface area contributed by atoms with Crippen molar-refractivity contribution in [2.45, 2.75) is 37.9 Å². The second-order valence-corrected chi connectivity index (χ2v) is 4.44. The Morgan fingerprint density at radius 2 is 2.09 bits per heavy atom. The van der Waals surface area contributed by atoms with Crippen LogP contribution in [0.2, 0.25) is 0 Å². The molecule has 0 aromatic heterocycles. The summed E-state index contributed by atoms with van der Waals surface area (Å²) in [7, 11) is 0. The number of thioether (sulfide) groups is 1. The third-order valence-electron chi connectivity index (χ3n) is 2.02. The highest BCUT2D eigenvalue weighted by atomic mass is 32.2. The van der Waals surface area contributed by atoms with Crippen LogP contribution in [0.5, 0.6) is 0 Å². The predicted molar refractivity (Wildman–Crippen MR) is 51.2 cm³/mol. The fourth-order valence-electron chi connectivity index (χ4n) is 1.24. The maximum Gasteiger partial charge on any atom is 0.0476 e. The minimum absolute atomic E-state index is 0.898. The SMILES string of the molecule is CCCCSC1CCOCC1. The molecular formula is C9H18OS. The second-order valence-electron chi connectivity index (χ2n) is 3.04. The van der Waals surface area contributed by atoms with Gasteiger partial charge in [0.2, 0.25) is 0 Å². The maximum atomic E-state index is 5.29. The van der Waals surface area contributed by atoms with Crippen LogP contribution < -0.4 is 0 Å². The molecule has 0 saturated carbocycles. The Hall–Kier alpha value is 0.310. The second kappa shape index (κ2) is 5.90. The third kappa shape index (κ3) is 4.02. The lowest BCUT2D eigenvalue weighted by Gasteiger charge is -2.21. The molecule has 1 aliphatic heterocycles. The van der Waals surface area contributed by atoms with Crippen molar-refractivity contribution >= 4 is 11.8 Å². The molecule has 66 valence electrons. The van der Waals surface area contributed by atoms with Crippen molar-refractivity contribution in [2.24, 2.45) is 0 Å². The highest BCUT2D eigenvalue weighted by molar-refractivity contribution is 7.99. The Morgan fingerprint density at radius 3 is 2.73 bits per heavy atom. The molecule has 1 rings (SSSR count). The summed E-state index contributed by atoms with van der Waals surface area (Å²) in [6.45, 7) is 4.23. The number of hydrogen-bond donors (Lipinski definition) is 0. The van der Waals surface area contributed by atoms with Crippen LogP contribution in [0.3, 0.4) is 0 Å². The van der Waals surface area contributed by atoms with E-state index in [9.17, 15) is 0 Å². The normalized spacial score (nSPS) is 20.5. The Labute approximate surface area is 73.9 Å². The zero-order valence-corrected chi connectivity index (χ0v) is 8.16. The Bertz CT molecular complexity index is 89.6. The molecule has 0 aliphatic carbocycles. The molecule has 0 atom stereocenters. The van der Waals surface area contributed by atoms with Crippen LogP contribution >= 0.6 is 11.8 Å². The van der Waals surface area contributed by atoms with E-state index in [2.05, 4.69) is 18.7 Å². The summed E-state index contributed by atoms with van der Waals surface area (Å²) >= 11 is 2.14. The molecule has 11 heavy (non-hydrogen) atoms. The predicted octanol–water partition coefficient (Wildman–Crippen LogP) is 2.70. The molecule has 0 radical (unpaired) electrons. The van der Waals surface area contributed by atoms with Crippen LogP contribution in [0.4, 0.5) is 0 Å². The van der Waals surface area contributed by atoms with E-state index in [1.165, 1.54) is 31.4 Å². The first-order valence-corrected chi connectivity index (χ1v) is 5.67. The van der Waals surface area contributed by atoms with Crippen LogP contribution in [-0.4, -0.2) is 24.2 Å². The number of ether oxygens (including phenoxy) is 1. The Kier molecular flexibility index (Phi) is 5.04. The Balaban J connectivity index is 1.96. The summed E-state index contributed by atoms with van der Waals surface area (Å²) in [5.41, 5.74) is 0. The third-order valence-corrected chi connectivity index (χ3v) is 3.49. The quantitative estimate of drug-likeness (QED) is 0.606. The van der Waals surface area contributed by atoms with E-state index in [1.54, 1.807) is 0 Å².